The van der Waals surface area contributed by atoms with E-state index in [0.717, 1.165) is 24.1 Å². The molecular weight excluding hydrogens is 270 g/mol. The Morgan fingerprint density at radius 1 is 1.43 bits per heavy atom. The molecular formula is C15H15N3O3. The maximum absolute atomic E-state index is 11.1. The summed E-state index contributed by atoms with van der Waals surface area (Å²) in [7, 11) is 0. The third kappa shape index (κ3) is 2.65. The van der Waals surface area contributed by atoms with Crippen LogP contribution in [0.15, 0.2) is 41.0 Å². The fourth-order valence-corrected chi connectivity index (χ4v) is 2.32. The van der Waals surface area contributed by atoms with Crippen LogP contribution in [-0.2, 0) is 6.42 Å². The standard InChI is InChI=1S/C15H15N3O3/c1-10(4-6-12-3-2-8-21-12)18-14-9-11(15(19)20)5-7-13(14)16-17-18/h2-3,5,7-10H,4,6H2,1H3,(H,19,20). The third-order valence-electron chi connectivity index (χ3n) is 3.52. The lowest BCUT2D eigenvalue weighted by Crippen LogP contribution is -2.08. The lowest BCUT2D eigenvalue weighted by molar-refractivity contribution is 0.0697. The third-order valence-corrected chi connectivity index (χ3v) is 3.52. The molecule has 21 heavy (non-hydrogen) atoms. The van der Waals surface area contributed by atoms with E-state index in [9.17, 15) is 4.79 Å². The average Bonchev–Trinajstić information content (AvgIpc) is 3.13. The fraction of sp³-hybridized carbons (Fsp3) is 0.267. The topological polar surface area (TPSA) is 81.2 Å². The first kappa shape index (κ1) is 13.4. The van der Waals surface area contributed by atoms with Crippen LogP contribution in [0, 0.1) is 0 Å². The summed E-state index contributed by atoms with van der Waals surface area (Å²) >= 11 is 0. The number of rotatable bonds is 5. The summed E-state index contributed by atoms with van der Waals surface area (Å²) in [4.78, 5) is 11.1. The van der Waals surface area contributed by atoms with Crippen molar-refractivity contribution in [2.75, 3.05) is 0 Å². The number of fused-ring (bicyclic) bond motifs is 1. The number of hydrogen-bond acceptors (Lipinski definition) is 4. The van der Waals surface area contributed by atoms with E-state index < -0.39 is 5.97 Å². The monoisotopic (exact) mass is 285 g/mol. The van der Waals surface area contributed by atoms with Gasteiger partial charge in [-0.2, -0.15) is 0 Å². The molecule has 0 amide bonds. The second-order valence-electron chi connectivity index (χ2n) is 5.01. The van der Waals surface area contributed by atoms with Gasteiger partial charge < -0.3 is 9.52 Å². The molecule has 0 bridgehead atoms. The second kappa shape index (κ2) is 5.40. The van der Waals surface area contributed by atoms with E-state index in [0.29, 0.717) is 5.52 Å². The van der Waals surface area contributed by atoms with Crippen LogP contribution in [0.2, 0.25) is 0 Å². The summed E-state index contributed by atoms with van der Waals surface area (Å²) in [6, 6.07) is 8.74. The Morgan fingerprint density at radius 2 is 2.29 bits per heavy atom. The number of nitrogens with zero attached hydrogens (tertiary/aromatic N) is 3. The molecule has 0 aliphatic heterocycles. The van der Waals surface area contributed by atoms with Crippen LogP contribution in [0.4, 0.5) is 0 Å². The molecule has 1 unspecified atom stereocenters. The summed E-state index contributed by atoms with van der Waals surface area (Å²) in [5.74, 6) is -0.0228. The van der Waals surface area contributed by atoms with Crippen LogP contribution in [0.3, 0.4) is 0 Å². The van der Waals surface area contributed by atoms with Crippen LogP contribution in [0.25, 0.3) is 11.0 Å². The minimum absolute atomic E-state index is 0.101. The molecule has 0 aliphatic rings. The molecule has 0 saturated carbocycles. The van der Waals surface area contributed by atoms with Crippen molar-refractivity contribution in [3.05, 3.63) is 47.9 Å². The van der Waals surface area contributed by atoms with Crippen molar-refractivity contribution in [3.8, 4) is 0 Å². The number of hydrogen-bond donors (Lipinski definition) is 1. The van der Waals surface area contributed by atoms with Crippen molar-refractivity contribution >= 4 is 17.0 Å². The van der Waals surface area contributed by atoms with Crippen LogP contribution in [-0.4, -0.2) is 26.1 Å². The molecule has 2 heterocycles. The molecule has 0 spiro atoms. The number of carbonyl (C=O) groups is 1. The Balaban J connectivity index is 1.85. The van der Waals surface area contributed by atoms with E-state index in [1.54, 1.807) is 23.1 Å². The zero-order chi connectivity index (χ0) is 14.8. The maximum Gasteiger partial charge on any atom is 0.335 e. The van der Waals surface area contributed by atoms with Crippen LogP contribution >= 0.6 is 0 Å². The van der Waals surface area contributed by atoms with Gasteiger partial charge in [-0.3, -0.25) is 0 Å². The minimum Gasteiger partial charge on any atom is -0.478 e. The van der Waals surface area contributed by atoms with E-state index in [1.807, 2.05) is 19.1 Å². The van der Waals surface area contributed by atoms with Gasteiger partial charge in [0.15, 0.2) is 0 Å². The predicted molar refractivity (Wildman–Crippen MR) is 76.2 cm³/mol. The summed E-state index contributed by atoms with van der Waals surface area (Å²) in [5, 5.41) is 17.3. The van der Waals surface area contributed by atoms with Crippen molar-refractivity contribution in [1.29, 1.82) is 0 Å². The quantitative estimate of drug-likeness (QED) is 0.779. The summed E-state index contributed by atoms with van der Waals surface area (Å²) in [6.45, 7) is 2.03. The van der Waals surface area contributed by atoms with E-state index in [2.05, 4.69) is 10.3 Å². The fourth-order valence-electron chi connectivity index (χ4n) is 2.32. The summed E-state index contributed by atoms with van der Waals surface area (Å²) in [6.07, 6.45) is 3.29. The Morgan fingerprint density at radius 3 is 3.00 bits per heavy atom. The molecule has 6 nitrogen and oxygen atoms in total. The largest absolute Gasteiger partial charge is 0.478 e. The summed E-state index contributed by atoms with van der Waals surface area (Å²) < 4.78 is 7.08. The van der Waals surface area contributed by atoms with Gasteiger partial charge in [0.1, 0.15) is 11.3 Å². The van der Waals surface area contributed by atoms with Crippen molar-refractivity contribution in [3.63, 3.8) is 0 Å². The normalized spacial score (nSPS) is 12.6. The number of carboxylic acids is 1. The van der Waals surface area contributed by atoms with E-state index in [-0.39, 0.29) is 11.6 Å². The Labute approximate surface area is 121 Å². The Hall–Kier alpha value is -2.63. The zero-order valence-corrected chi connectivity index (χ0v) is 11.6. The van der Waals surface area contributed by atoms with Gasteiger partial charge in [0.25, 0.3) is 0 Å². The highest BCUT2D eigenvalue weighted by atomic mass is 16.4. The summed E-state index contributed by atoms with van der Waals surface area (Å²) in [5.41, 5.74) is 1.68. The number of aromatic carboxylic acids is 1. The van der Waals surface area contributed by atoms with Crippen LogP contribution in [0.1, 0.15) is 35.5 Å². The molecule has 0 radical (unpaired) electrons. The molecule has 2 aromatic heterocycles. The SMILES string of the molecule is CC(CCc1ccco1)n1nnc2ccc(C(=O)O)cc21. The van der Waals surface area contributed by atoms with Crippen LogP contribution in [0.5, 0.6) is 0 Å². The second-order valence-corrected chi connectivity index (χ2v) is 5.01. The average molecular weight is 285 g/mol. The Kier molecular flexibility index (Phi) is 3.43. The first-order valence-electron chi connectivity index (χ1n) is 6.76. The number of aromatic nitrogens is 3. The molecule has 3 rings (SSSR count). The smallest absolute Gasteiger partial charge is 0.335 e. The molecule has 108 valence electrons. The first-order chi connectivity index (χ1) is 10.1. The molecule has 1 atom stereocenters. The van der Waals surface area contributed by atoms with E-state index in [1.165, 1.54) is 6.07 Å². The van der Waals surface area contributed by atoms with Gasteiger partial charge in [-0.25, -0.2) is 9.48 Å². The van der Waals surface area contributed by atoms with Crippen molar-refractivity contribution < 1.29 is 14.3 Å². The van der Waals surface area contributed by atoms with Gasteiger partial charge in [0.2, 0.25) is 0 Å². The highest BCUT2D eigenvalue weighted by Gasteiger charge is 2.14. The van der Waals surface area contributed by atoms with E-state index in [4.69, 9.17) is 9.52 Å². The van der Waals surface area contributed by atoms with Crippen LogP contribution < -0.4 is 0 Å². The molecule has 0 saturated heterocycles. The number of aryl methyl sites for hydroxylation is 1. The van der Waals surface area contributed by atoms with Crippen molar-refractivity contribution in [2.24, 2.45) is 0 Å². The maximum atomic E-state index is 11.1. The number of carboxylic acid groups (broad SMARTS) is 1. The van der Waals surface area contributed by atoms with Gasteiger partial charge in [-0.1, -0.05) is 5.21 Å². The lowest BCUT2D eigenvalue weighted by atomic mass is 10.1. The molecule has 0 aliphatic carbocycles. The highest BCUT2D eigenvalue weighted by molar-refractivity contribution is 5.92. The van der Waals surface area contributed by atoms with Gasteiger partial charge in [0.05, 0.1) is 23.4 Å². The van der Waals surface area contributed by atoms with Gasteiger partial charge in [-0.05, 0) is 43.7 Å². The molecule has 0 fully saturated rings. The van der Waals surface area contributed by atoms with Crippen molar-refractivity contribution in [2.45, 2.75) is 25.8 Å². The number of benzene rings is 1. The van der Waals surface area contributed by atoms with E-state index >= 15 is 0 Å². The van der Waals surface area contributed by atoms with Gasteiger partial charge in [-0.15, -0.1) is 5.10 Å². The van der Waals surface area contributed by atoms with Gasteiger partial charge >= 0.3 is 5.97 Å². The molecule has 3 aromatic rings. The Bertz CT molecular complexity index is 762. The number of furan rings is 1. The van der Waals surface area contributed by atoms with Crippen molar-refractivity contribution in [1.82, 2.24) is 15.0 Å². The lowest BCUT2D eigenvalue weighted by Gasteiger charge is -2.11. The molecule has 6 heteroatoms. The molecule has 1 aromatic carbocycles. The zero-order valence-electron chi connectivity index (χ0n) is 11.6. The predicted octanol–water partition coefficient (Wildman–Crippen LogP) is 2.92. The first-order valence-corrected chi connectivity index (χ1v) is 6.76. The van der Waals surface area contributed by atoms with Gasteiger partial charge in [0, 0.05) is 6.42 Å². The molecule has 1 N–H and O–H groups in total. The minimum atomic E-state index is -0.951. The highest BCUT2D eigenvalue weighted by Crippen LogP contribution is 2.21.